The van der Waals surface area contributed by atoms with Crippen LogP contribution < -0.4 is 0 Å². The van der Waals surface area contributed by atoms with Gasteiger partial charge in [-0.25, -0.2) is 8.78 Å². The first-order chi connectivity index (χ1) is 10.6. The molecule has 3 heteroatoms. The van der Waals surface area contributed by atoms with Crippen molar-refractivity contribution in [2.45, 2.75) is 77.6 Å². The molecule has 6 unspecified atom stereocenters. The second-order valence-corrected chi connectivity index (χ2v) is 8.00. The van der Waals surface area contributed by atoms with E-state index in [1.54, 1.807) is 0 Å². The Balaban J connectivity index is 0.00000192. The van der Waals surface area contributed by atoms with Crippen LogP contribution in [0, 0.1) is 23.7 Å². The molecular formula is C20H32F2O. The van der Waals surface area contributed by atoms with Crippen LogP contribution in [0.25, 0.3) is 0 Å². The summed E-state index contributed by atoms with van der Waals surface area (Å²) >= 11 is 0. The lowest BCUT2D eigenvalue weighted by Gasteiger charge is -2.39. The van der Waals surface area contributed by atoms with Gasteiger partial charge in [0.15, 0.2) is 0 Å². The molecule has 3 aliphatic rings. The van der Waals surface area contributed by atoms with Crippen molar-refractivity contribution in [1.82, 2.24) is 0 Å². The molecule has 0 aromatic rings. The van der Waals surface area contributed by atoms with Crippen molar-refractivity contribution >= 4 is 0 Å². The molecule has 0 amide bonds. The topological polar surface area (TPSA) is 31.5 Å². The van der Waals surface area contributed by atoms with Crippen LogP contribution in [-0.4, -0.2) is 17.8 Å². The third kappa shape index (κ3) is 4.04. The SMILES string of the molecule is CC1CC=C(C2CCC(C3=CCC(C)CC3)C(F)C2F)CC1.O. The molecule has 0 aromatic carbocycles. The second-order valence-electron chi connectivity index (χ2n) is 8.00. The summed E-state index contributed by atoms with van der Waals surface area (Å²) in [5.41, 5.74) is 2.41. The van der Waals surface area contributed by atoms with Crippen LogP contribution in [0.15, 0.2) is 23.3 Å². The minimum absolute atomic E-state index is 0. The fourth-order valence-corrected chi connectivity index (χ4v) is 4.55. The Kier molecular flexibility index (Phi) is 6.41. The van der Waals surface area contributed by atoms with E-state index < -0.39 is 12.3 Å². The molecule has 1 nitrogen and oxygen atoms in total. The largest absolute Gasteiger partial charge is 0.412 e. The summed E-state index contributed by atoms with van der Waals surface area (Å²) in [6, 6.07) is 0. The van der Waals surface area contributed by atoms with E-state index in [1.807, 2.05) is 0 Å². The number of allylic oxidation sites excluding steroid dienone is 4. The third-order valence-corrected chi connectivity index (χ3v) is 6.23. The molecule has 3 aliphatic carbocycles. The molecule has 0 saturated heterocycles. The monoisotopic (exact) mass is 326 g/mol. The predicted octanol–water partition coefficient (Wildman–Crippen LogP) is 5.36. The molecule has 0 heterocycles. The lowest BCUT2D eigenvalue weighted by molar-refractivity contribution is 0.0451. The van der Waals surface area contributed by atoms with E-state index in [-0.39, 0.29) is 17.3 Å². The zero-order valence-electron chi connectivity index (χ0n) is 14.5. The molecule has 0 bridgehead atoms. The Hall–Kier alpha value is -0.700. The highest BCUT2D eigenvalue weighted by atomic mass is 19.2. The van der Waals surface area contributed by atoms with Crippen molar-refractivity contribution in [1.29, 1.82) is 0 Å². The summed E-state index contributed by atoms with van der Waals surface area (Å²) in [5, 5.41) is 0. The van der Waals surface area contributed by atoms with Gasteiger partial charge in [0, 0.05) is 11.8 Å². The maximum absolute atomic E-state index is 14.8. The van der Waals surface area contributed by atoms with E-state index in [0.717, 1.165) is 51.4 Å². The van der Waals surface area contributed by atoms with Crippen molar-refractivity contribution in [3.63, 3.8) is 0 Å². The van der Waals surface area contributed by atoms with Gasteiger partial charge >= 0.3 is 0 Å². The maximum Gasteiger partial charge on any atom is 0.138 e. The number of alkyl halides is 2. The lowest BCUT2D eigenvalue weighted by Crippen LogP contribution is -2.40. The van der Waals surface area contributed by atoms with Crippen LogP contribution in [0.3, 0.4) is 0 Å². The van der Waals surface area contributed by atoms with Gasteiger partial charge in [-0.3, -0.25) is 0 Å². The smallest absolute Gasteiger partial charge is 0.138 e. The Labute approximate surface area is 139 Å². The van der Waals surface area contributed by atoms with E-state index in [9.17, 15) is 8.78 Å². The first kappa shape index (κ1) is 18.6. The minimum Gasteiger partial charge on any atom is -0.412 e. The molecule has 3 rings (SSSR count). The first-order valence-electron chi connectivity index (χ1n) is 9.22. The Morgan fingerprint density at radius 2 is 1.13 bits per heavy atom. The van der Waals surface area contributed by atoms with Crippen LogP contribution >= 0.6 is 0 Å². The fraction of sp³-hybridized carbons (Fsp3) is 0.800. The molecule has 1 saturated carbocycles. The summed E-state index contributed by atoms with van der Waals surface area (Å²) in [6.45, 7) is 4.48. The number of hydrogen-bond donors (Lipinski definition) is 0. The number of rotatable bonds is 2. The fourth-order valence-electron chi connectivity index (χ4n) is 4.55. The molecular weight excluding hydrogens is 294 g/mol. The normalized spacial score (nSPS) is 41.6. The van der Waals surface area contributed by atoms with Gasteiger partial charge in [-0.15, -0.1) is 0 Å². The molecule has 132 valence electrons. The number of hydrogen-bond acceptors (Lipinski definition) is 0. The standard InChI is InChI=1S/C20H30F2.H2O/c1-13-3-7-15(8-4-13)17-11-12-18(20(22)19(17)21)16-9-5-14(2)6-10-16;/h7,9,13-14,17-20H,3-6,8,10-12H2,1-2H3;1H2. The zero-order chi connectivity index (χ0) is 15.7. The molecule has 2 N–H and O–H groups in total. The van der Waals surface area contributed by atoms with Gasteiger partial charge in [-0.2, -0.15) is 0 Å². The zero-order valence-corrected chi connectivity index (χ0v) is 14.5. The minimum atomic E-state index is -1.29. The average Bonchev–Trinajstić information content (AvgIpc) is 2.52. The van der Waals surface area contributed by atoms with Crippen LogP contribution in [0.1, 0.15) is 65.2 Å². The molecule has 0 spiro atoms. The van der Waals surface area contributed by atoms with E-state index in [4.69, 9.17) is 0 Å². The molecule has 23 heavy (non-hydrogen) atoms. The molecule has 0 radical (unpaired) electrons. The third-order valence-electron chi connectivity index (χ3n) is 6.23. The highest BCUT2D eigenvalue weighted by Crippen LogP contribution is 2.45. The summed E-state index contributed by atoms with van der Waals surface area (Å²) in [6.07, 6.45) is 9.81. The summed E-state index contributed by atoms with van der Waals surface area (Å²) < 4.78 is 29.5. The predicted molar refractivity (Wildman–Crippen MR) is 91.8 cm³/mol. The summed E-state index contributed by atoms with van der Waals surface area (Å²) in [4.78, 5) is 0. The van der Waals surface area contributed by atoms with Crippen molar-refractivity contribution in [2.24, 2.45) is 23.7 Å². The Bertz CT molecular complexity index is 415. The van der Waals surface area contributed by atoms with Crippen LogP contribution in [0.2, 0.25) is 0 Å². The van der Waals surface area contributed by atoms with E-state index >= 15 is 0 Å². The molecule has 6 atom stereocenters. The average molecular weight is 326 g/mol. The van der Waals surface area contributed by atoms with E-state index in [2.05, 4.69) is 26.0 Å². The maximum atomic E-state index is 14.8. The Morgan fingerprint density at radius 1 is 0.739 bits per heavy atom. The lowest BCUT2D eigenvalue weighted by atomic mass is 9.69. The Morgan fingerprint density at radius 3 is 1.43 bits per heavy atom. The molecule has 1 fully saturated rings. The molecule has 0 aromatic heterocycles. The highest BCUT2D eigenvalue weighted by molar-refractivity contribution is 5.19. The summed E-state index contributed by atoms with van der Waals surface area (Å²) in [7, 11) is 0. The first-order valence-corrected chi connectivity index (χ1v) is 9.22. The summed E-state index contributed by atoms with van der Waals surface area (Å²) in [5.74, 6) is 1.10. The van der Waals surface area contributed by atoms with Gasteiger partial charge in [-0.05, 0) is 63.2 Å². The van der Waals surface area contributed by atoms with Crippen molar-refractivity contribution in [2.75, 3.05) is 0 Å². The van der Waals surface area contributed by atoms with Gasteiger partial charge in [0.1, 0.15) is 12.3 Å². The van der Waals surface area contributed by atoms with Crippen LogP contribution in [0.4, 0.5) is 8.78 Å². The highest BCUT2D eigenvalue weighted by Gasteiger charge is 2.43. The van der Waals surface area contributed by atoms with Crippen molar-refractivity contribution in [3.8, 4) is 0 Å². The van der Waals surface area contributed by atoms with Crippen molar-refractivity contribution in [3.05, 3.63) is 23.3 Å². The van der Waals surface area contributed by atoms with Crippen LogP contribution in [0.5, 0.6) is 0 Å². The van der Waals surface area contributed by atoms with Gasteiger partial charge in [0.25, 0.3) is 0 Å². The van der Waals surface area contributed by atoms with Gasteiger partial charge in [-0.1, -0.05) is 37.1 Å². The van der Waals surface area contributed by atoms with E-state index in [0.29, 0.717) is 11.8 Å². The van der Waals surface area contributed by atoms with Crippen molar-refractivity contribution < 1.29 is 14.3 Å². The molecule has 0 aliphatic heterocycles. The van der Waals surface area contributed by atoms with Gasteiger partial charge in [0.2, 0.25) is 0 Å². The van der Waals surface area contributed by atoms with Crippen LogP contribution in [-0.2, 0) is 0 Å². The van der Waals surface area contributed by atoms with E-state index in [1.165, 1.54) is 11.1 Å². The second kappa shape index (κ2) is 7.92. The number of halogens is 2. The quantitative estimate of drug-likeness (QED) is 0.612. The van der Waals surface area contributed by atoms with Gasteiger partial charge in [0.05, 0.1) is 0 Å². The van der Waals surface area contributed by atoms with Gasteiger partial charge < -0.3 is 5.48 Å².